The molecule has 7 nitrogen and oxygen atoms in total. The van der Waals surface area contributed by atoms with E-state index in [-0.39, 0.29) is 47.9 Å². The SMILES string of the molecule is C.Cc1nc(N2CCC3(CC2)CO[C@@H](C)[C@H]3N)c(CO)nc1-c1cccc(OC(F)(F)F)c1Cl. The van der Waals surface area contributed by atoms with Crippen LogP contribution in [0.25, 0.3) is 11.3 Å². The van der Waals surface area contributed by atoms with Gasteiger partial charge in [-0.05, 0) is 32.8 Å². The van der Waals surface area contributed by atoms with E-state index in [2.05, 4.69) is 19.6 Å². The van der Waals surface area contributed by atoms with Crippen molar-refractivity contribution < 1.29 is 27.8 Å². The zero-order chi connectivity index (χ0) is 24.0. The fourth-order valence-electron chi connectivity index (χ4n) is 4.69. The Balaban J connectivity index is 0.00000324. The van der Waals surface area contributed by atoms with Crippen LogP contribution < -0.4 is 15.4 Å². The molecule has 3 heterocycles. The number of rotatable bonds is 4. The summed E-state index contributed by atoms with van der Waals surface area (Å²) in [6.07, 6.45) is -3.20. The highest BCUT2D eigenvalue weighted by Gasteiger charge is 2.47. The van der Waals surface area contributed by atoms with E-state index in [0.29, 0.717) is 36.9 Å². The molecular formula is C23H30ClF3N4O3. The van der Waals surface area contributed by atoms with Gasteiger partial charge in [-0.3, -0.25) is 0 Å². The van der Waals surface area contributed by atoms with Crippen molar-refractivity contribution >= 4 is 17.4 Å². The van der Waals surface area contributed by atoms with Crippen LogP contribution in [0.15, 0.2) is 18.2 Å². The third kappa shape index (κ3) is 4.95. The van der Waals surface area contributed by atoms with Crippen molar-refractivity contribution in [1.82, 2.24) is 9.97 Å². The van der Waals surface area contributed by atoms with E-state index in [4.69, 9.17) is 22.1 Å². The van der Waals surface area contributed by atoms with Gasteiger partial charge in [0.2, 0.25) is 0 Å². The summed E-state index contributed by atoms with van der Waals surface area (Å²) in [6.45, 7) is 5.30. The number of benzene rings is 1. The van der Waals surface area contributed by atoms with E-state index in [1.807, 2.05) is 6.92 Å². The maximum Gasteiger partial charge on any atom is 0.573 e. The minimum atomic E-state index is -4.88. The molecule has 0 unspecified atom stereocenters. The Morgan fingerprint density at radius 1 is 1.29 bits per heavy atom. The van der Waals surface area contributed by atoms with Gasteiger partial charge in [0.15, 0.2) is 5.82 Å². The first-order chi connectivity index (χ1) is 15.5. The number of aromatic nitrogens is 2. The minimum absolute atomic E-state index is 0. The van der Waals surface area contributed by atoms with Crippen molar-refractivity contribution in [1.29, 1.82) is 0 Å². The van der Waals surface area contributed by atoms with Crippen LogP contribution in [0, 0.1) is 12.3 Å². The monoisotopic (exact) mass is 502 g/mol. The molecule has 11 heteroatoms. The van der Waals surface area contributed by atoms with E-state index >= 15 is 0 Å². The first-order valence-corrected chi connectivity index (χ1v) is 11.1. The van der Waals surface area contributed by atoms with E-state index in [1.165, 1.54) is 12.1 Å². The molecule has 2 aliphatic heterocycles. The number of nitrogens with two attached hydrogens (primary N) is 1. The highest BCUT2D eigenvalue weighted by Crippen LogP contribution is 2.43. The lowest BCUT2D eigenvalue weighted by Gasteiger charge is -2.42. The van der Waals surface area contributed by atoms with Crippen molar-refractivity contribution in [2.45, 2.75) is 59.2 Å². The highest BCUT2D eigenvalue weighted by molar-refractivity contribution is 6.34. The van der Waals surface area contributed by atoms with Crippen molar-refractivity contribution in [3.05, 3.63) is 34.6 Å². The van der Waals surface area contributed by atoms with Crippen LogP contribution in [0.4, 0.5) is 19.0 Å². The molecule has 2 fully saturated rings. The molecule has 0 saturated carbocycles. The smallest absolute Gasteiger partial charge is 0.404 e. The second-order valence-electron chi connectivity index (χ2n) is 8.64. The predicted molar refractivity (Wildman–Crippen MR) is 124 cm³/mol. The summed E-state index contributed by atoms with van der Waals surface area (Å²) in [7, 11) is 0. The molecule has 1 aromatic heterocycles. The number of hydrogen-bond acceptors (Lipinski definition) is 7. The van der Waals surface area contributed by atoms with Gasteiger partial charge in [-0.15, -0.1) is 13.2 Å². The van der Waals surface area contributed by atoms with Crippen molar-refractivity contribution in [3.63, 3.8) is 0 Å². The Kier molecular flexibility index (Phi) is 7.66. The molecule has 2 aliphatic rings. The summed E-state index contributed by atoms with van der Waals surface area (Å²) < 4.78 is 47.9. The Bertz CT molecular complexity index is 1030. The number of aryl methyl sites for hydroxylation is 1. The fraction of sp³-hybridized carbons (Fsp3) is 0.565. The number of alkyl halides is 3. The highest BCUT2D eigenvalue weighted by atomic mass is 35.5. The summed E-state index contributed by atoms with van der Waals surface area (Å²) in [5, 5.41) is 9.77. The van der Waals surface area contributed by atoms with Crippen LogP contribution in [-0.2, 0) is 11.3 Å². The summed E-state index contributed by atoms with van der Waals surface area (Å²) in [6, 6.07) is 4.04. The second-order valence-corrected chi connectivity index (χ2v) is 9.02. The summed E-state index contributed by atoms with van der Waals surface area (Å²) in [4.78, 5) is 11.2. The first kappa shape index (κ1) is 26.5. The third-order valence-electron chi connectivity index (χ3n) is 6.62. The van der Waals surface area contributed by atoms with Crippen LogP contribution in [0.5, 0.6) is 5.75 Å². The van der Waals surface area contributed by atoms with Crippen LogP contribution >= 0.6 is 11.6 Å². The van der Waals surface area contributed by atoms with Gasteiger partial charge in [0, 0.05) is 30.1 Å². The summed E-state index contributed by atoms with van der Waals surface area (Å²) in [5.74, 6) is 0.0242. The van der Waals surface area contributed by atoms with Gasteiger partial charge in [-0.25, -0.2) is 9.97 Å². The molecule has 0 radical (unpaired) electrons. The zero-order valence-electron chi connectivity index (χ0n) is 18.3. The number of hydrogen-bond donors (Lipinski definition) is 2. The molecule has 0 amide bonds. The Morgan fingerprint density at radius 2 is 1.97 bits per heavy atom. The van der Waals surface area contributed by atoms with Gasteiger partial charge in [-0.2, -0.15) is 0 Å². The molecule has 1 spiro atoms. The first-order valence-electron chi connectivity index (χ1n) is 10.7. The van der Waals surface area contributed by atoms with Crippen LogP contribution in [-0.4, -0.2) is 53.3 Å². The quantitative estimate of drug-likeness (QED) is 0.637. The molecule has 0 aliphatic carbocycles. The van der Waals surface area contributed by atoms with E-state index in [9.17, 15) is 18.3 Å². The average Bonchev–Trinajstić information content (AvgIpc) is 3.03. The van der Waals surface area contributed by atoms with Gasteiger partial charge in [-0.1, -0.05) is 31.2 Å². The van der Waals surface area contributed by atoms with Crippen LogP contribution in [0.2, 0.25) is 5.02 Å². The maximum absolute atomic E-state index is 12.7. The van der Waals surface area contributed by atoms with Gasteiger partial charge >= 0.3 is 6.36 Å². The number of nitrogens with zero attached hydrogens (tertiary/aromatic N) is 3. The second kappa shape index (κ2) is 9.85. The minimum Gasteiger partial charge on any atom is -0.404 e. The van der Waals surface area contributed by atoms with Gasteiger partial charge < -0.3 is 25.2 Å². The molecule has 2 aromatic rings. The molecule has 0 bridgehead atoms. The zero-order valence-corrected chi connectivity index (χ0v) is 19.1. The number of aliphatic hydroxyl groups excluding tert-OH is 1. The number of halogens is 4. The molecule has 2 saturated heterocycles. The van der Waals surface area contributed by atoms with Crippen molar-refractivity contribution in [3.8, 4) is 17.0 Å². The number of anilines is 1. The number of ether oxygens (including phenoxy) is 2. The standard InChI is InChI=1S/C22H26ClF3N4O3.CH4/c1-12-18(14-4-3-5-16(17(14)23)33-22(24,25)26)29-15(10-31)20(28-12)30-8-6-21(7-9-30)11-32-13(2)19(21)27;/h3-5,13,19,31H,6-11,27H2,1-2H3;1H4/t13-,19+;/m0./s1. The normalized spacial score (nSPS) is 22.1. The van der Waals surface area contributed by atoms with Crippen molar-refractivity contribution in [2.24, 2.45) is 11.1 Å². The molecule has 4 rings (SSSR count). The molecule has 34 heavy (non-hydrogen) atoms. The molecular weight excluding hydrogens is 473 g/mol. The van der Waals surface area contributed by atoms with Gasteiger partial charge in [0.1, 0.15) is 11.4 Å². The van der Waals surface area contributed by atoms with E-state index < -0.39 is 12.1 Å². The maximum atomic E-state index is 12.7. The van der Waals surface area contributed by atoms with Gasteiger partial charge in [0.05, 0.1) is 35.7 Å². The van der Waals surface area contributed by atoms with Crippen LogP contribution in [0.1, 0.15) is 38.6 Å². The molecule has 1 aromatic carbocycles. The van der Waals surface area contributed by atoms with E-state index in [0.717, 1.165) is 18.9 Å². The van der Waals surface area contributed by atoms with E-state index in [1.54, 1.807) is 6.92 Å². The average molecular weight is 503 g/mol. The number of piperidine rings is 1. The predicted octanol–water partition coefficient (Wildman–Crippen LogP) is 4.47. The topological polar surface area (TPSA) is 93.7 Å². The molecule has 188 valence electrons. The largest absolute Gasteiger partial charge is 0.573 e. The lowest BCUT2D eigenvalue weighted by atomic mass is 9.73. The lowest BCUT2D eigenvalue weighted by Crippen LogP contribution is -2.51. The lowest BCUT2D eigenvalue weighted by molar-refractivity contribution is -0.274. The fourth-order valence-corrected chi connectivity index (χ4v) is 4.94. The third-order valence-corrected chi connectivity index (χ3v) is 7.01. The van der Waals surface area contributed by atoms with Crippen molar-refractivity contribution in [2.75, 3.05) is 24.6 Å². The molecule has 3 N–H and O–H groups in total. The van der Waals surface area contributed by atoms with Crippen LogP contribution in [0.3, 0.4) is 0 Å². The Morgan fingerprint density at radius 3 is 2.53 bits per heavy atom. The Labute approximate surface area is 202 Å². The van der Waals surface area contributed by atoms with Gasteiger partial charge in [0.25, 0.3) is 0 Å². The molecule has 2 atom stereocenters. The Hall–Kier alpha value is -2.14. The number of aliphatic hydroxyl groups is 1. The summed E-state index contributed by atoms with van der Waals surface area (Å²) in [5.41, 5.74) is 7.66. The summed E-state index contributed by atoms with van der Waals surface area (Å²) >= 11 is 6.21.